The van der Waals surface area contributed by atoms with E-state index in [1.807, 2.05) is 18.3 Å². The lowest BCUT2D eigenvalue weighted by Crippen LogP contribution is -2.54. The summed E-state index contributed by atoms with van der Waals surface area (Å²) in [5.41, 5.74) is 3.04. The fraction of sp³-hybridized carbons (Fsp3) is 0.520. The number of imidazole rings is 1. The molecular formula is C25H29F4N9. The van der Waals surface area contributed by atoms with Crippen LogP contribution in [0, 0.1) is 6.92 Å². The Kier molecular flexibility index (Phi) is 6.12. The van der Waals surface area contributed by atoms with Gasteiger partial charge in [-0.15, -0.1) is 5.10 Å². The number of pyridine rings is 1. The highest BCUT2D eigenvalue weighted by Crippen LogP contribution is 2.41. The zero-order valence-corrected chi connectivity index (χ0v) is 21.1. The van der Waals surface area contributed by atoms with Crippen LogP contribution in [0.1, 0.15) is 31.5 Å². The van der Waals surface area contributed by atoms with Gasteiger partial charge in [-0.25, -0.2) is 32.0 Å². The Morgan fingerprint density at radius 1 is 1.08 bits per heavy atom. The van der Waals surface area contributed by atoms with Crippen LogP contribution in [0.4, 0.5) is 29.3 Å². The second-order valence-corrected chi connectivity index (χ2v) is 10.1. The van der Waals surface area contributed by atoms with E-state index in [-0.39, 0.29) is 24.9 Å². The van der Waals surface area contributed by atoms with Crippen molar-refractivity contribution in [2.24, 2.45) is 0 Å². The lowest BCUT2D eigenvalue weighted by atomic mass is 9.85. The third kappa shape index (κ3) is 4.52. The third-order valence-electron chi connectivity index (χ3n) is 7.58. The molecule has 0 atom stereocenters. The average molecular weight is 532 g/mol. The molecule has 0 unspecified atom stereocenters. The predicted molar refractivity (Wildman–Crippen MR) is 136 cm³/mol. The molecule has 1 saturated carbocycles. The number of piperidine rings is 1. The maximum absolute atomic E-state index is 13.3. The molecule has 38 heavy (non-hydrogen) atoms. The first kappa shape index (κ1) is 24.8. The van der Waals surface area contributed by atoms with Crippen LogP contribution in [0.3, 0.4) is 0 Å². The normalized spacial score (nSPS) is 18.9. The lowest BCUT2D eigenvalue weighted by Gasteiger charge is -2.45. The van der Waals surface area contributed by atoms with Crippen molar-refractivity contribution in [3.05, 3.63) is 30.2 Å². The molecule has 13 heteroatoms. The number of anilines is 2. The fourth-order valence-corrected chi connectivity index (χ4v) is 5.57. The molecule has 202 valence electrons. The molecule has 1 saturated heterocycles. The smallest absolute Gasteiger partial charge is 0.256 e. The summed E-state index contributed by atoms with van der Waals surface area (Å²) in [7, 11) is 1.77. The molecule has 2 N–H and O–H groups in total. The van der Waals surface area contributed by atoms with E-state index >= 15 is 0 Å². The number of fused-ring (bicyclic) bond motifs is 2. The van der Waals surface area contributed by atoms with E-state index in [2.05, 4.69) is 35.6 Å². The van der Waals surface area contributed by atoms with E-state index in [1.165, 1.54) is 4.57 Å². The topological polar surface area (TPSA) is 88.2 Å². The molecule has 5 heterocycles. The Balaban J connectivity index is 1.23. The van der Waals surface area contributed by atoms with Crippen molar-refractivity contribution >= 4 is 28.4 Å². The number of nitrogens with zero attached hydrogens (tertiary/aromatic N) is 7. The van der Waals surface area contributed by atoms with E-state index < -0.39 is 18.9 Å². The van der Waals surface area contributed by atoms with Crippen molar-refractivity contribution in [2.75, 3.05) is 30.8 Å². The van der Waals surface area contributed by atoms with Gasteiger partial charge < -0.3 is 15.2 Å². The van der Waals surface area contributed by atoms with Crippen LogP contribution in [0.5, 0.6) is 0 Å². The van der Waals surface area contributed by atoms with Crippen LogP contribution in [-0.2, 0) is 6.54 Å². The van der Waals surface area contributed by atoms with Gasteiger partial charge >= 0.3 is 0 Å². The number of alkyl halides is 4. The molecule has 2 fully saturated rings. The molecule has 4 aromatic rings. The Bertz CT molecular complexity index is 1460. The second kappa shape index (κ2) is 9.37. The van der Waals surface area contributed by atoms with Gasteiger partial charge in [0.15, 0.2) is 11.5 Å². The summed E-state index contributed by atoms with van der Waals surface area (Å²) >= 11 is 0. The van der Waals surface area contributed by atoms with E-state index in [4.69, 9.17) is 0 Å². The minimum atomic E-state index is -2.52. The van der Waals surface area contributed by atoms with Gasteiger partial charge in [-0.1, -0.05) is 0 Å². The summed E-state index contributed by atoms with van der Waals surface area (Å²) in [6, 6.07) is 5.60. The molecule has 0 bridgehead atoms. The number of likely N-dealkylation sites (tertiary alicyclic amines) is 1. The molecule has 6 rings (SSSR count). The maximum atomic E-state index is 13.3. The van der Waals surface area contributed by atoms with Gasteiger partial charge in [-0.05, 0) is 38.0 Å². The van der Waals surface area contributed by atoms with Crippen LogP contribution in [0.15, 0.2) is 24.4 Å². The Hall–Kier alpha value is -3.48. The second-order valence-electron chi connectivity index (χ2n) is 10.1. The summed E-state index contributed by atoms with van der Waals surface area (Å²) in [6.07, 6.45) is 0.864. The first-order valence-electron chi connectivity index (χ1n) is 12.8. The molecule has 2 aliphatic rings. The molecule has 0 spiro atoms. The van der Waals surface area contributed by atoms with E-state index in [0.717, 1.165) is 31.5 Å². The van der Waals surface area contributed by atoms with Crippen LogP contribution in [0.2, 0.25) is 0 Å². The molecule has 1 aliphatic carbocycles. The van der Waals surface area contributed by atoms with Crippen molar-refractivity contribution in [3.63, 3.8) is 0 Å². The van der Waals surface area contributed by atoms with Crippen LogP contribution in [-0.4, -0.2) is 78.6 Å². The van der Waals surface area contributed by atoms with Gasteiger partial charge in [0.25, 0.3) is 12.3 Å². The molecule has 0 radical (unpaired) electrons. The summed E-state index contributed by atoms with van der Waals surface area (Å²) in [5.74, 6) is -0.962. The third-order valence-corrected chi connectivity index (χ3v) is 7.58. The summed E-state index contributed by atoms with van der Waals surface area (Å²) in [4.78, 5) is 15.9. The zero-order valence-electron chi connectivity index (χ0n) is 21.1. The monoisotopic (exact) mass is 531 g/mol. The number of rotatable bonds is 7. The van der Waals surface area contributed by atoms with Crippen molar-refractivity contribution < 1.29 is 17.6 Å². The fourth-order valence-electron chi connectivity index (χ4n) is 5.57. The number of hydrogen-bond donors (Lipinski definition) is 2. The van der Waals surface area contributed by atoms with Crippen molar-refractivity contribution in [1.82, 2.24) is 34.0 Å². The van der Waals surface area contributed by atoms with Gasteiger partial charge in [-0.3, -0.25) is 4.90 Å². The minimum absolute atomic E-state index is 0.0153. The highest BCUT2D eigenvalue weighted by molar-refractivity contribution is 5.89. The Labute approximate surface area is 216 Å². The molecule has 0 aromatic carbocycles. The Morgan fingerprint density at radius 3 is 2.53 bits per heavy atom. The van der Waals surface area contributed by atoms with Gasteiger partial charge in [0.1, 0.15) is 16.9 Å². The van der Waals surface area contributed by atoms with Gasteiger partial charge in [0.05, 0.1) is 12.2 Å². The quantitative estimate of drug-likeness (QED) is 0.341. The van der Waals surface area contributed by atoms with E-state index in [1.54, 1.807) is 24.6 Å². The van der Waals surface area contributed by atoms with Crippen LogP contribution in [0.25, 0.3) is 27.9 Å². The largest absolute Gasteiger partial charge is 0.371 e. The van der Waals surface area contributed by atoms with E-state index in [0.29, 0.717) is 40.0 Å². The van der Waals surface area contributed by atoms with Crippen LogP contribution >= 0.6 is 0 Å². The number of aryl methyl sites for hydroxylation is 1. The van der Waals surface area contributed by atoms with Gasteiger partial charge in [-0.2, -0.15) is 4.98 Å². The number of aromatic nitrogens is 6. The highest BCUT2D eigenvalue weighted by Gasteiger charge is 2.48. The molecule has 1 aliphatic heterocycles. The minimum Gasteiger partial charge on any atom is -0.371 e. The molecular weight excluding hydrogens is 502 g/mol. The predicted octanol–water partition coefficient (Wildman–Crippen LogP) is 4.43. The Morgan fingerprint density at radius 2 is 1.84 bits per heavy atom. The maximum Gasteiger partial charge on any atom is 0.256 e. The van der Waals surface area contributed by atoms with Gasteiger partial charge in [0, 0.05) is 56.8 Å². The molecule has 9 nitrogen and oxygen atoms in total. The SMILES string of the molecule is CNc1nc(NC2CCN(C3CC(F)(F)C3)CC2)nn2ccc(-c3ccc4nc(C)n(CC(F)F)c4n3)c12. The first-order chi connectivity index (χ1) is 18.2. The van der Waals surface area contributed by atoms with Crippen molar-refractivity contribution in [3.8, 4) is 11.3 Å². The highest BCUT2D eigenvalue weighted by atomic mass is 19.3. The van der Waals surface area contributed by atoms with Crippen molar-refractivity contribution in [2.45, 2.75) is 63.6 Å². The zero-order chi connectivity index (χ0) is 26.6. The standard InChI is InChI=1S/C25H29F4N9/c1-14-31-19-4-3-18(33-23(19)37(14)13-20(26)27)17-7-10-38-21(17)22(30-2)34-24(35-38)32-15-5-8-36(9-6-15)16-11-25(28,29)12-16/h3-4,7,10,15-16,20H,5-6,8-9,11-13H2,1-2H3,(H2,30,32,34,35). The van der Waals surface area contributed by atoms with E-state index in [9.17, 15) is 17.6 Å². The number of halogens is 4. The van der Waals surface area contributed by atoms with Gasteiger partial charge in [0.2, 0.25) is 5.95 Å². The summed E-state index contributed by atoms with van der Waals surface area (Å²) in [6.45, 7) is 2.75. The summed E-state index contributed by atoms with van der Waals surface area (Å²) in [5, 5.41) is 11.2. The number of nitrogens with one attached hydrogen (secondary N) is 2. The molecule has 4 aromatic heterocycles. The lowest BCUT2D eigenvalue weighted by molar-refractivity contribution is -0.127. The number of hydrogen-bond acceptors (Lipinski definition) is 7. The summed E-state index contributed by atoms with van der Waals surface area (Å²) < 4.78 is 56.0. The van der Waals surface area contributed by atoms with Crippen LogP contribution < -0.4 is 10.6 Å². The van der Waals surface area contributed by atoms with Crippen molar-refractivity contribution in [1.29, 1.82) is 0 Å². The average Bonchev–Trinajstić information content (AvgIpc) is 3.43. The molecule has 0 amide bonds. The first-order valence-corrected chi connectivity index (χ1v) is 12.8.